The lowest BCUT2D eigenvalue weighted by Gasteiger charge is -2.27. The third kappa shape index (κ3) is 2.83. The lowest BCUT2D eigenvalue weighted by molar-refractivity contribution is -0.140. The molecule has 1 saturated heterocycles. The van der Waals surface area contributed by atoms with Gasteiger partial charge in [0.25, 0.3) is 0 Å². The van der Waals surface area contributed by atoms with Gasteiger partial charge in [0.15, 0.2) is 0 Å². The highest BCUT2D eigenvalue weighted by molar-refractivity contribution is 5.75. The zero-order valence-corrected chi connectivity index (χ0v) is 9.56. The van der Waals surface area contributed by atoms with Gasteiger partial charge in [-0.05, 0) is 38.6 Å². The number of benzene rings is 1. The van der Waals surface area contributed by atoms with Crippen LogP contribution in [-0.4, -0.2) is 31.0 Å². The van der Waals surface area contributed by atoms with Gasteiger partial charge in [0, 0.05) is 6.54 Å². The number of esters is 1. The van der Waals surface area contributed by atoms with Crippen molar-refractivity contribution in [2.24, 2.45) is 5.92 Å². The molecule has 86 valence electrons. The summed E-state index contributed by atoms with van der Waals surface area (Å²) in [5.41, 5.74) is 0. The summed E-state index contributed by atoms with van der Waals surface area (Å²) < 4.78 is 5.34. The molecule has 2 rings (SSSR count). The molecule has 0 aromatic heterocycles. The van der Waals surface area contributed by atoms with Gasteiger partial charge in [-0.2, -0.15) is 0 Å². The monoisotopic (exact) mass is 219 g/mol. The molecule has 3 heteroatoms. The summed E-state index contributed by atoms with van der Waals surface area (Å²) >= 11 is 0. The van der Waals surface area contributed by atoms with Crippen LogP contribution in [0.4, 0.5) is 0 Å². The first kappa shape index (κ1) is 11.1. The zero-order valence-electron chi connectivity index (χ0n) is 9.56. The third-order valence-electron chi connectivity index (χ3n) is 2.92. The zero-order chi connectivity index (χ0) is 11.4. The minimum absolute atomic E-state index is 0.0268. The van der Waals surface area contributed by atoms with Gasteiger partial charge >= 0.3 is 5.97 Å². The number of likely N-dealkylation sites (tertiary alicyclic amines) is 1. The van der Waals surface area contributed by atoms with E-state index >= 15 is 0 Å². The van der Waals surface area contributed by atoms with E-state index in [4.69, 9.17) is 4.74 Å². The van der Waals surface area contributed by atoms with E-state index in [1.807, 2.05) is 37.4 Å². The van der Waals surface area contributed by atoms with E-state index in [2.05, 4.69) is 4.90 Å². The molecule has 0 N–H and O–H groups in total. The molecule has 1 atom stereocenters. The average Bonchev–Trinajstić information content (AvgIpc) is 2.30. The molecule has 1 aliphatic heterocycles. The predicted molar refractivity (Wildman–Crippen MR) is 62.3 cm³/mol. The molecule has 0 radical (unpaired) electrons. The van der Waals surface area contributed by atoms with Crippen molar-refractivity contribution in [3.63, 3.8) is 0 Å². The average molecular weight is 219 g/mol. The van der Waals surface area contributed by atoms with Crippen LogP contribution in [-0.2, 0) is 4.79 Å². The SMILES string of the molecule is CN1CCCC(C(=O)Oc2ccccc2)C1. The Morgan fingerprint density at radius 3 is 2.81 bits per heavy atom. The second-order valence-electron chi connectivity index (χ2n) is 4.34. The van der Waals surface area contributed by atoms with E-state index in [0.717, 1.165) is 25.9 Å². The summed E-state index contributed by atoms with van der Waals surface area (Å²) in [6.07, 6.45) is 2.01. The largest absolute Gasteiger partial charge is 0.426 e. The van der Waals surface area contributed by atoms with E-state index < -0.39 is 0 Å². The van der Waals surface area contributed by atoms with Crippen molar-refractivity contribution in [2.45, 2.75) is 12.8 Å². The van der Waals surface area contributed by atoms with Crippen LogP contribution in [0.15, 0.2) is 30.3 Å². The Morgan fingerprint density at radius 2 is 2.12 bits per heavy atom. The first-order valence-electron chi connectivity index (χ1n) is 5.71. The molecule has 1 unspecified atom stereocenters. The number of nitrogens with zero attached hydrogens (tertiary/aromatic N) is 1. The smallest absolute Gasteiger partial charge is 0.315 e. The van der Waals surface area contributed by atoms with Crippen molar-refractivity contribution >= 4 is 5.97 Å². The summed E-state index contributed by atoms with van der Waals surface area (Å²) in [7, 11) is 2.04. The fourth-order valence-corrected chi connectivity index (χ4v) is 2.05. The van der Waals surface area contributed by atoms with Crippen molar-refractivity contribution in [1.82, 2.24) is 4.90 Å². The van der Waals surface area contributed by atoms with Crippen LogP contribution >= 0.6 is 0 Å². The Balaban J connectivity index is 1.93. The van der Waals surface area contributed by atoms with E-state index in [1.165, 1.54) is 0 Å². The molecule has 0 saturated carbocycles. The Kier molecular flexibility index (Phi) is 3.57. The molecule has 1 aromatic rings. The Hall–Kier alpha value is -1.35. The second-order valence-corrected chi connectivity index (χ2v) is 4.34. The summed E-state index contributed by atoms with van der Waals surface area (Å²) in [6.45, 7) is 1.89. The van der Waals surface area contributed by atoms with E-state index in [9.17, 15) is 4.79 Å². The van der Waals surface area contributed by atoms with Gasteiger partial charge in [0.05, 0.1) is 5.92 Å². The molecule has 1 fully saturated rings. The van der Waals surface area contributed by atoms with Crippen LogP contribution in [0, 0.1) is 5.92 Å². The highest BCUT2D eigenvalue weighted by Crippen LogP contribution is 2.18. The van der Waals surface area contributed by atoms with Crippen LogP contribution in [0.5, 0.6) is 5.75 Å². The van der Waals surface area contributed by atoms with Crippen molar-refractivity contribution in [1.29, 1.82) is 0 Å². The maximum absolute atomic E-state index is 11.9. The molecule has 1 aromatic carbocycles. The fourth-order valence-electron chi connectivity index (χ4n) is 2.05. The summed E-state index contributed by atoms with van der Waals surface area (Å²) in [5.74, 6) is 0.567. The molecule has 1 aliphatic rings. The van der Waals surface area contributed by atoms with E-state index in [-0.39, 0.29) is 11.9 Å². The van der Waals surface area contributed by atoms with Gasteiger partial charge in [-0.1, -0.05) is 18.2 Å². The van der Waals surface area contributed by atoms with Crippen molar-refractivity contribution in [3.05, 3.63) is 30.3 Å². The standard InChI is InChI=1S/C13H17NO2/c1-14-9-5-6-11(10-14)13(15)16-12-7-3-2-4-8-12/h2-4,7-8,11H,5-6,9-10H2,1H3. The number of rotatable bonds is 2. The Labute approximate surface area is 96.0 Å². The molecule has 0 bridgehead atoms. The molecule has 0 spiro atoms. The molecule has 3 nitrogen and oxygen atoms in total. The number of piperidine rings is 1. The predicted octanol–water partition coefficient (Wildman–Crippen LogP) is 1.93. The molecule has 16 heavy (non-hydrogen) atoms. The number of para-hydroxylation sites is 1. The maximum Gasteiger partial charge on any atom is 0.315 e. The van der Waals surface area contributed by atoms with Gasteiger partial charge in [0.2, 0.25) is 0 Å². The quantitative estimate of drug-likeness (QED) is 0.562. The Morgan fingerprint density at radius 1 is 1.38 bits per heavy atom. The van der Waals surface area contributed by atoms with Crippen LogP contribution in [0.25, 0.3) is 0 Å². The van der Waals surface area contributed by atoms with E-state index in [0.29, 0.717) is 5.75 Å². The van der Waals surface area contributed by atoms with Gasteiger partial charge in [-0.3, -0.25) is 4.79 Å². The molecule has 1 heterocycles. The summed E-state index contributed by atoms with van der Waals surface area (Å²) in [6, 6.07) is 9.27. The minimum Gasteiger partial charge on any atom is -0.426 e. The summed E-state index contributed by atoms with van der Waals surface area (Å²) in [5, 5.41) is 0. The number of carbonyl (C=O) groups is 1. The number of carbonyl (C=O) groups excluding carboxylic acids is 1. The number of ether oxygens (including phenoxy) is 1. The first-order chi connectivity index (χ1) is 7.75. The lowest BCUT2D eigenvalue weighted by Crippen LogP contribution is -2.37. The molecular weight excluding hydrogens is 202 g/mol. The molecular formula is C13H17NO2. The number of hydrogen-bond donors (Lipinski definition) is 0. The van der Waals surface area contributed by atoms with Gasteiger partial charge in [-0.15, -0.1) is 0 Å². The van der Waals surface area contributed by atoms with Crippen molar-refractivity contribution < 1.29 is 9.53 Å². The normalized spacial score (nSPS) is 21.7. The van der Waals surface area contributed by atoms with Crippen LogP contribution < -0.4 is 4.74 Å². The van der Waals surface area contributed by atoms with Crippen LogP contribution in [0.1, 0.15) is 12.8 Å². The molecule has 0 aliphatic carbocycles. The highest BCUT2D eigenvalue weighted by Gasteiger charge is 2.25. The maximum atomic E-state index is 11.9. The van der Waals surface area contributed by atoms with Gasteiger partial charge in [-0.25, -0.2) is 0 Å². The summed E-state index contributed by atoms with van der Waals surface area (Å²) in [4.78, 5) is 14.0. The van der Waals surface area contributed by atoms with E-state index in [1.54, 1.807) is 0 Å². The highest BCUT2D eigenvalue weighted by atomic mass is 16.5. The van der Waals surface area contributed by atoms with Crippen molar-refractivity contribution in [2.75, 3.05) is 20.1 Å². The fraction of sp³-hybridized carbons (Fsp3) is 0.462. The minimum atomic E-state index is -0.0993. The molecule has 0 amide bonds. The van der Waals surface area contributed by atoms with Crippen LogP contribution in [0.3, 0.4) is 0 Å². The topological polar surface area (TPSA) is 29.5 Å². The Bertz CT molecular complexity index is 350. The van der Waals surface area contributed by atoms with Gasteiger partial charge in [0.1, 0.15) is 5.75 Å². The second kappa shape index (κ2) is 5.12. The van der Waals surface area contributed by atoms with Gasteiger partial charge < -0.3 is 9.64 Å². The van der Waals surface area contributed by atoms with Crippen LogP contribution in [0.2, 0.25) is 0 Å². The number of hydrogen-bond acceptors (Lipinski definition) is 3. The lowest BCUT2D eigenvalue weighted by atomic mass is 9.99. The first-order valence-corrected chi connectivity index (χ1v) is 5.71. The third-order valence-corrected chi connectivity index (χ3v) is 2.92. The van der Waals surface area contributed by atoms with Crippen molar-refractivity contribution in [3.8, 4) is 5.75 Å².